The summed E-state index contributed by atoms with van der Waals surface area (Å²) < 4.78 is 6.56. The molecule has 0 amide bonds. The summed E-state index contributed by atoms with van der Waals surface area (Å²) in [7, 11) is 1.62. The van der Waals surface area contributed by atoms with E-state index < -0.39 is 0 Å². The van der Waals surface area contributed by atoms with Crippen molar-refractivity contribution in [1.82, 2.24) is 9.38 Å². The molecule has 0 fully saturated rings. The fourth-order valence-electron chi connectivity index (χ4n) is 2.44. The lowest BCUT2D eigenvalue weighted by atomic mass is 10.1. The Morgan fingerprint density at radius 3 is 2.71 bits per heavy atom. The summed E-state index contributed by atoms with van der Waals surface area (Å²) in [5.74, 6) is 6.26. The highest BCUT2D eigenvalue weighted by Gasteiger charge is 2.05. The molecular weight excluding hydrogens is 300 g/mol. The average molecular weight is 318 g/mol. The maximum atomic E-state index is 12.4. The molecule has 4 heteroatoms. The first kappa shape index (κ1) is 16.0. The number of benzene rings is 1. The number of pyridine rings is 1. The minimum absolute atomic E-state index is 0.0600. The summed E-state index contributed by atoms with van der Waals surface area (Å²) in [6.45, 7) is 2.54. The van der Waals surface area contributed by atoms with Gasteiger partial charge in [0.05, 0.1) is 6.61 Å². The van der Waals surface area contributed by atoms with Gasteiger partial charge in [-0.15, -0.1) is 0 Å². The van der Waals surface area contributed by atoms with E-state index in [0.29, 0.717) is 24.2 Å². The second-order valence-electron chi connectivity index (χ2n) is 5.59. The van der Waals surface area contributed by atoms with Gasteiger partial charge in [-0.1, -0.05) is 24.0 Å². The van der Waals surface area contributed by atoms with Crippen LogP contribution in [0.15, 0.2) is 53.6 Å². The predicted octanol–water partition coefficient (Wildman–Crippen LogP) is 2.59. The van der Waals surface area contributed by atoms with Crippen LogP contribution in [-0.2, 0) is 11.2 Å². The summed E-state index contributed by atoms with van der Waals surface area (Å²) in [4.78, 5) is 16.8. The van der Waals surface area contributed by atoms with Gasteiger partial charge < -0.3 is 4.74 Å². The van der Waals surface area contributed by atoms with E-state index in [1.807, 2.05) is 43.3 Å². The second kappa shape index (κ2) is 7.12. The van der Waals surface area contributed by atoms with Crippen molar-refractivity contribution < 1.29 is 4.74 Å². The quantitative estimate of drug-likeness (QED) is 0.697. The molecule has 0 aliphatic carbocycles. The van der Waals surface area contributed by atoms with E-state index in [2.05, 4.69) is 16.8 Å². The third kappa shape index (κ3) is 3.53. The lowest BCUT2D eigenvalue weighted by Crippen LogP contribution is -2.20. The van der Waals surface area contributed by atoms with Crippen LogP contribution < -0.4 is 5.56 Å². The van der Waals surface area contributed by atoms with Crippen molar-refractivity contribution in [3.8, 4) is 11.8 Å². The first-order chi connectivity index (χ1) is 11.7. The summed E-state index contributed by atoms with van der Waals surface area (Å²) in [5.41, 5.74) is 4.15. The zero-order valence-electron chi connectivity index (χ0n) is 13.7. The average Bonchev–Trinajstić information content (AvgIpc) is 2.59. The third-order valence-corrected chi connectivity index (χ3v) is 3.73. The Labute approximate surface area is 140 Å². The molecule has 0 unspecified atom stereocenters. The normalized spacial score (nSPS) is 10.4. The molecule has 0 spiro atoms. The van der Waals surface area contributed by atoms with E-state index in [-0.39, 0.29) is 5.56 Å². The largest absolute Gasteiger partial charge is 0.384 e. The molecule has 2 aromatic heterocycles. The van der Waals surface area contributed by atoms with Gasteiger partial charge in [-0.05, 0) is 36.8 Å². The smallest absolute Gasteiger partial charge is 0.261 e. The third-order valence-electron chi connectivity index (χ3n) is 3.73. The highest BCUT2D eigenvalue weighted by Crippen LogP contribution is 2.05. The lowest BCUT2D eigenvalue weighted by molar-refractivity contribution is 0.202. The first-order valence-electron chi connectivity index (χ1n) is 7.75. The molecule has 3 rings (SSSR count). The Balaban J connectivity index is 1.94. The fourth-order valence-corrected chi connectivity index (χ4v) is 2.44. The molecule has 24 heavy (non-hydrogen) atoms. The van der Waals surface area contributed by atoms with Crippen molar-refractivity contribution in [3.63, 3.8) is 0 Å². The SMILES string of the molecule is COCCc1cnc2cc(C#Cc3cccc(C)c3)ccn2c1=O. The monoisotopic (exact) mass is 318 g/mol. The Bertz CT molecular complexity index is 994. The number of methoxy groups -OCH3 is 1. The van der Waals surface area contributed by atoms with Gasteiger partial charge in [0.1, 0.15) is 5.65 Å². The van der Waals surface area contributed by atoms with Crippen LogP contribution >= 0.6 is 0 Å². The number of fused-ring (bicyclic) bond motifs is 1. The van der Waals surface area contributed by atoms with Crippen LogP contribution in [0.4, 0.5) is 0 Å². The number of aromatic nitrogens is 2. The van der Waals surface area contributed by atoms with Gasteiger partial charge in [-0.25, -0.2) is 4.98 Å². The van der Waals surface area contributed by atoms with Gasteiger partial charge in [0.2, 0.25) is 0 Å². The molecule has 0 N–H and O–H groups in total. The van der Waals surface area contributed by atoms with E-state index in [1.54, 1.807) is 23.9 Å². The number of aryl methyl sites for hydroxylation is 1. The highest BCUT2D eigenvalue weighted by molar-refractivity contribution is 5.50. The fraction of sp³-hybridized carbons (Fsp3) is 0.200. The summed E-state index contributed by atoms with van der Waals surface area (Å²) >= 11 is 0. The maximum Gasteiger partial charge on any atom is 0.261 e. The van der Waals surface area contributed by atoms with Crippen LogP contribution in [-0.4, -0.2) is 23.1 Å². The molecule has 0 aliphatic heterocycles. The lowest BCUT2D eigenvalue weighted by Gasteiger charge is -2.04. The topological polar surface area (TPSA) is 43.6 Å². The van der Waals surface area contributed by atoms with Crippen molar-refractivity contribution in [1.29, 1.82) is 0 Å². The van der Waals surface area contributed by atoms with Crippen molar-refractivity contribution in [2.24, 2.45) is 0 Å². The molecule has 0 saturated carbocycles. The standard InChI is InChI=1S/C20H18N2O2/c1-15-4-3-5-16(12-15)6-7-17-8-10-22-19(13-17)21-14-18(20(22)23)9-11-24-2/h3-5,8,10,12-14H,9,11H2,1-2H3. The van der Waals surface area contributed by atoms with Gasteiger partial charge >= 0.3 is 0 Å². The summed E-state index contributed by atoms with van der Waals surface area (Å²) in [6.07, 6.45) is 3.90. The van der Waals surface area contributed by atoms with Gasteiger partial charge in [-0.2, -0.15) is 0 Å². The number of ether oxygens (including phenoxy) is 1. The molecule has 0 aliphatic rings. The number of nitrogens with zero attached hydrogens (tertiary/aromatic N) is 2. The van der Waals surface area contributed by atoms with E-state index >= 15 is 0 Å². The van der Waals surface area contributed by atoms with E-state index in [0.717, 1.165) is 11.1 Å². The van der Waals surface area contributed by atoms with E-state index in [4.69, 9.17) is 4.74 Å². The van der Waals surface area contributed by atoms with Crippen LogP contribution in [0.1, 0.15) is 22.3 Å². The van der Waals surface area contributed by atoms with Crippen molar-refractivity contribution in [2.45, 2.75) is 13.3 Å². The van der Waals surface area contributed by atoms with Gasteiger partial charge in [0, 0.05) is 42.6 Å². The summed E-state index contributed by atoms with van der Waals surface area (Å²) in [5, 5.41) is 0. The van der Waals surface area contributed by atoms with Crippen LogP contribution in [0.2, 0.25) is 0 Å². The molecule has 0 radical (unpaired) electrons. The molecule has 3 aromatic rings. The molecule has 4 nitrogen and oxygen atoms in total. The van der Waals surface area contributed by atoms with Crippen LogP contribution in [0, 0.1) is 18.8 Å². The minimum Gasteiger partial charge on any atom is -0.384 e. The van der Waals surface area contributed by atoms with E-state index in [9.17, 15) is 4.79 Å². The van der Waals surface area contributed by atoms with Gasteiger partial charge in [-0.3, -0.25) is 9.20 Å². The van der Waals surface area contributed by atoms with Gasteiger partial charge in [0.15, 0.2) is 0 Å². The van der Waals surface area contributed by atoms with E-state index in [1.165, 1.54) is 5.56 Å². The molecular formula is C20H18N2O2. The van der Waals surface area contributed by atoms with Gasteiger partial charge in [0.25, 0.3) is 5.56 Å². The molecule has 120 valence electrons. The summed E-state index contributed by atoms with van der Waals surface area (Å²) in [6, 6.07) is 11.7. The molecule has 0 saturated heterocycles. The Morgan fingerprint density at radius 1 is 1.17 bits per heavy atom. The zero-order chi connectivity index (χ0) is 16.9. The molecule has 0 atom stereocenters. The van der Waals surface area contributed by atoms with Crippen molar-refractivity contribution in [2.75, 3.05) is 13.7 Å². The Morgan fingerprint density at radius 2 is 1.96 bits per heavy atom. The van der Waals surface area contributed by atoms with Crippen LogP contribution in [0.3, 0.4) is 0 Å². The van der Waals surface area contributed by atoms with Crippen molar-refractivity contribution in [3.05, 3.63) is 81.4 Å². The van der Waals surface area contributed by atoms with Crippen LogP contribution in [0.5, 0.6) is 0 Å². The second-order valence-corrected chi connectivity index (χ2v) is 5.59. The van der Waals surface area contributed by atoms with Crippen LogP contribution in [0.25, 0.3) is 5.65 Å². The minimum atomic E-state index is -0.0600. The predicted molar refractivity (Wildman–Crippen MR) is 94.2 cm³/mol. The Kier molecular flexibility index (Phi) is 4.74. The maximum absolute atomic E-state index is 12.4. The Hall–Kier alpha value is -2.90. The number of hydrogen-bond donors (Lipinski definition) is 0. The molecule has 1 aromatic carbocycles. The number of hydrogen-bond acceptors (Lipinski definition) is 3. The number of rotatable bonds is 3. The van der Waals surface area contributed by atoms with Crippen molar-refractivity contribution >= 4 is 5.65 Å². The first-order valence-corrected chi connectivity index (χ1v) is 7.75. The molecule has 2 heterocycles. The highest BCUT2D eigenvalue weighted by atomic mass is 16.5. The molecule has 0 bridgehead atoms. The zero-order valence-corrected chi connectivity index (χ0v) is 13.7.